The van der Waals surface area contributed by atoms with E-state index in [4.69, 9.17) is 4.52 Å². The van der Waals surface area contributed by atoms with Crippen LogP contribution < -0.4 is 5.32 Å². The van der Waals surface area contributed by atoms with Crippen LogP contribution in [0.25, 0.3) is 10.7 Å². The van der Waals surface area contributed by atoms with Gasteiger partial charge in [-0.3, -0.25) is 0 Å². The Morgan fingerprint density at radius 1 is 1.47 bits per heavy atom. The lowest BCUT2D eigenvalue weighted by molar-refractivity contribution is 0.376. The summed E-state index contributed by atoms with van der Waals surface area (Å²) in [5, 5.41) is 7.41. The minimum atomic E-state index is 0.683. The van der Waals surface area contributed by atoms with Gasteiger partial charge in [-0.05, 0) is 40.9 Å². The van der Waals surface area contributed by atoms with Gasteiger partial charge in [0.25, 0.3) is 0 Å². The molecular weight excluding hydrogens is 302 g/mol. The van der Waals surface area contributed by atoms with Crippen molar-refractivity contribution in [1.82, 2.24) is 15.5 Å². The van der Waals surface area contributed by atoms with Crippen LogP contribution in [0, 0.1) is 0 Å². The van der Waals surface area contributed by atoms with Crippen LogP contribution in [0.15, 0.2) is 20.4 Å². The third-order valence-electron chi connectivity index (χ3n) is 2.61. The van der Waals surface area contributed by atoms with Crippen LogP contribution in [0.1, 0.15) is 18.7 Å². The van der Waals surface area contributed by atoms with E-state index >= 15 is 0 Å². The van der Waals surface area contributed by atoms with Crippen LogP contribution >= 0.6 is 27.3 Å². The molecule has 0 atom stereocenters. The van der Waals surface area contributed by atoms with Crippen molar-refractivity contribution >= 4 is 27.3 Å². The fourth-order valence-corrected chi connectivity index (χ4v) is 2.87. The zero-order valence-corrected chi connectivity index (χ0v) is 11.6. The Morgan fingerprint density at radius 3 is 3.06 bits per heavy atom. The van der Waals surface area contributed by atoms with E-state index < -0.39 is 0 Å². The second-order valence-corrected chi connectivity index (χ2v) is 6.56. The Labute approximate surface area is 112 Å². The molecule has 3 rings (SSSR count). The van der Waals surface area contributed by atoms with Gasteiger partial charge in [-0.25, -0.2) is 0 Å². The van der Waals surface area contributed by atoms with Gasteiger partial charge in [-0.15, -0.1) is 11.3 Å². The molecule has 0 unspecified atom stereocenters. The maximum absolute atomic E-state index is 5.22. The molecule has 0 amide bonds. The molecule has 0 bridgehead atoms. The number of hydrogen-bond donors (Lipinski definition) is 1. The summed E-state index contributed by atoms with van der Waals surface area (Å²) in [7, 11) is 0. The average Bonchev–Trinajstić information content (AvgIpc) is 2.85. The van der Waals surface area contributed by atoms with Crippen LogP contribution in [-0.2, 0) is 6.42 Å². The van der Waals surface area contributed by atoms with Crippen molar-refractivity contribution < 1.29 is 4.52 Å². The number of thiophene rings is 1. The monoisotopic (exact) mass is 313 g/mol. The van der Waals surface area contributed by atoms with E-state index in [9.17, 15) is 0 Å². The van der Waals surface area contributed by atoms with E-state index in [1.807, 2.05) is 12.1 Å². The second kappa shape index (κ2) is 4.88. The Hall–Kier alpha value is -0.720. The van der Waals surface area contributed by atoms with E-state index in [0.717, 1.165) is 27.7 Å². The van der Waals surface area contributed by atoms with Crippen molar-refractivity contribution in [2.45, 2.75) is 25.3 Å². The lowest BCUT2D eigenvalue weighted by Crippen LogP contribution is -2.19. The second-order valence-electron chi connectivity index (χ2n) is 4.09. The van der Waals surface area contributed by atoms with Crippen molar-refractivity contribution in [3.05, 3.63) is 21.8 Å². The molecular formula is C11H12BrN3OS. The van der Waals surface area contributed by atoms with Gasteiger partial charge in [0, 0.05) is 19.0 Å². The number of halogens is 1. The molecule has 0 aromatic carbocycles. The largest absolute Gasteiger partial charge is 0.339 e. The Balaban J connectivity index is 1.61. The molecule has 6 heteroatoms. The highest BCUT2D eigenvalue weighted by molar-refractivity contribution is 9.11. The van der Waals surface area contributed by atoms with Gasteiger partial charge in [-0.1, -0.05) is 5.16 Å². The van der Waals surface area contributed by atoms with E-state index in [1.165, 1.54) is 12.8 Å². The SMILES string of the molecule is Brc1ccc(-c2noc(CCNC3CC3)n2)s1. The lowest BCUT2D eigenvalue weighted by Gasteiger charge is -1.96. The predicted octanol–water partition coefficient (Wildman–Crippen LogP) is 2.86. The fourth-order valence-electron chi connectivity index (χ4n) is 1.56. The summed E-state index contributed by atoms with van der Waals surface area (Å²) in [5.74, 6) is 1.39. The molecule has 1 aliphatic carbocycles. The maximum Gasteiger partial charge on any atom is 0.228 e. The Morgan fingerprint density at radius 2 is 2.35 bits per heavy atom. The summed E-state index contributed by atoms with van der Waals surface area (Å²) in [6.07, 6.45) is 3.41. The summed E-state index contributed by atoms with van der Waals surface area (Å²) in [6, 6.07) is 4.71. The highest BCUT2D eigenvalue weighted by Crippen LogP contribution is 2.29. The zero-order valence-electron chi connectivity index (χ0n) is 9.15. The van der Waals surface area contributed by atoms with Crippen molar-refractivity contribution in [3.8, 4) is 10.7 Å². The minimum Gasteiger partial charge on any atom is -0.339 e. The molecule has 2 aromatic rings. The molecule has 0 spiro atoms. The van der Waals surface area contributed by atoms with E-state index in [2.05, 4.69) is 31.4 Å². The van der Waals surface area contributed by atoms with Crippen molar-refractivity contribution in [2.24, 2.45) is 0 Å². The number of hydrogen-bond acceptors (Lipinski definition) is 5. The summed E-state index contributed by atoms with van der Waals surface area (Å²) in [5.41, 5.74) is 0. The van der Waals surface area contributed by atoms with Gasteiger partial charge in [0.15, 0.2) is 0 Å². The van der Waals surface area contributed by atoms with Crippen LogP contribution in [-0.4, -0.2) is 22.7 Å². The summed E-state index contributed by atoms with van der Waals surface area (Å²) in [6.45, 7) is 0.917. The summed E-state index contributed by atoms with van der Waals surface area (Å²) >= 11 is 5.03. The first kappa shape index (κ1) is 11.4. The van der Waals surface area contributed by atoms with Crippen LogP contribution in [0.4, 0.5) is 0 Å². The number of aromatic nitrogens is 2. The third kappa shape index (κ3) is 2.94. The number of nitrogens with one attached hydrogen (secondary N) is 1. The smallest absolute Gasteiger partial charge is 0.228 e. The normalized spacial score (nSPS) is 15.4. The molecule has 0 aliphatic heterocycles. The highest BCUT2D eigenvalue weighted by Gasteiger charge is 2.20. The first-order valence-electron chi connectivity index (χ1n) is 5.63. The molecule has 2 aromatic heterocycles. The average molecular weight is 314 g/mol. The molecule has 1 saturated carbocycles. The molecule has 1 fully saturated rings. The van der Waals surface area contributed by atoms with Gasteiger partial charge >= 0.3 is 0 Å². The maximum atomic E-state index is 5.22. The third-order valence-corrected chi connectivity index (χ3v) is 4.23. The van der Waals surface area contributed by atoms with Crippen LogP contribution in [0.2, 0.25) is 0 Å². The van der Waals surface area contributed by atoms with Gasteiger partial charge in [0.05, 0.1) is 8.66 Å². The fraction of sp³-hybridized carbons (Fsp3) is 0.455. The van der Waals surface area contributed by atoms with Gasteiger partial charge in [0.1, 0.15) is 0 Å². The topological polar surface area (TPSA) is 51.0 Å². The molecule has 1 aliphatic rings. The van der Waals surface area contributed by atoms with Gasteiger partial charge in [-0.2, -0.15) is 4.98 Å². The van der Waals surface area contributed by atoms with Crippen molar-refractivity contribution in [1.29, 1.82) is 0 Å². The first-order chi connectivity index (χ1) is 8.31. The molecule has 2 heterocycles. The molecule has 0 saturated heterocycles. The highest BCUT2D eigenvalue weighted by atomic mass is 79.9. The van der Waals surface area contributed by atoms with Crippen LogP contribution in [0.5, 0.6) is 0 Å². The summed E-state index contributed by atoms with van der Waals surface area (Å²) < 4.78 is 6.30. The Bertz CT molecular complexity index is 506. The number of nitrogens with zero attached hydrogens (tertiary/aromatic N) is 2. The summed E-state index contributed by atoms with van der Waals surface area (Å²) in [4.78, 5) is 5.41. The lowest BCUT2D eigenvalue weighted by atomic mass is 10.4. The van der Waals surface area contributed by atoms with Gasteiger partial charge in [0.2, 0.25) is 11.7 Å². The van der Waals surface area contributed by atoms with Crippen LogP contribution in [0.3, 0.4) is 0 Å². The predicted molar refractivity (Wildman–Crippen MR) is 70.0 cm³/mol. The van der Waals surface area contributed by atoms with E-state index in [1.54, 1.807) is 11.3 Å². The molecule has 90 valence electrons. The first-order valence-corrected chi connectivity index (χ1v) is 7.24. The Kier molecular flexibility index (Phi) is 3.26. The number of rotatable bonds is 5. The zero-order chi connectivity index (χ0) is 11.7. The standard InChI is InChI=1S/C11H12BrN3OS/c12-9-4-3-8(17-9)11-14-10(16-15-11)5-6-13-7-1-2-7/h3-4,7,13H,1-2,5-6H2. The van der Waals surface area contributed by atoms with Gasteiger partial charge < -0.3 is 9.84 Å². The van der Waals surface area contributed by atoms with E-state index in [-0.39, 0.29) is 0 Å². The van der Waals surface area contributed by atoms with E-state index in [0.29, 0.717) is 11.7 Å². The van der Waals surface area contributed by atoms with Crippen molar-refractivity contribution in [3.63, 3.8) is 0 Å². The molecule has 17 heavy (non-hydrogen) atoms. The molecule has 1 N–H and O–H groups in total. The molecule has 4 nitrogen and oxygen atoms in total. The minimum absolute atomic E-state index is 0.683. The molecule has 0 radical (unpaired) electrons. The quantitative estimate of drug-likeness (QED) is 0.922. The van der Waals surface area contributed by atoms with Crippen molar-refractivity contribution in [2.75, 3.05) is 6.54 Å².